The van der Waals surface area contributed by atoms with Crippen molar-refractivity contribution in [1.29, 1.82) is 0 Å². The number of hydrazone groups is 1. The van der Waals surface area contributed by atoms with Gasteiger partial charge in [0.1, 0.15) is 0 Å². The summed E-state index contributed by atoms with van der Waals surface area (Å²) in [6.07, 6.45) is 4.48. The molecule has 2 aromatic rings. The SMILES string of the molecule is COc1cc(/C=N\NC(=O)c2cccnc2)ccc1OC(C)=O. The van der Waals surface area contributed by atoms with Gasteiger partial charge in [0.2, 0.25) is 0 Å². The number of carbonyl (C=O) groups is 2. The number of amides is 1. The first-order valence-corrected chi connectivity index (χ1v) is 6.70. The zero-order valence-electron chi connectivity index (χ0n) is 12.6. The molecule has 0 spiro atoms. The Labute approximate surface area is 132 Å². The average Bonchev–Trinajstić information content (AvgIpc) is 2.56. The van der Waals surface area contributed by atoms with E-state index < -0.39 is 5.97 Å². The molecule has 0 aliphatic carbocycles. The van der Waals surface area contributed by atoms with Crippen LogP contribution in [0, 0.1) is 0 Å². The van der Waals surface area contributed by atoms with E-state index in [4.69, 9.17) is 9.47 Å². The molecule has 1 aromatic heterocycles. The molecule has 2 rings (SSSR count). The minimum atomic E-state index is -0.437. The lowest BCUT2D eigenvalue weighted by atomic mass is 10.2. The molecule has 0 bridgehead atoms. The highest BCUT2D eigenvalue weighted by molar-refractivity contribution is 5.94. The van der Waals surface area contributed by atoms with Crippen LogP contribution in [-0.4, -0.2) is 30.2 Å². The number of esters is 1. The van der Waals surface area contributed by atoms with Crippen molar-refractivity contribution in [3.63, 3.8) is 0 Å². The van der Waals surface area contributed by atoms with Gasteiger partial charge in [0.05, 0.1) is 18.9 Å². The van der Waals surface area contributed by atoms with Gasteiger partial charge in [-0.25, -0.2) is 5.43 Å². The van der Waals surface area contributed by atoms with Gasteiger partial charge >= 0.3 is 5.97 Å². The van der Waals surface area contributed by atoms with Crippen LogP contribution in [0.3, 0.4) is 0 Å². The van der Waals surface area contributed by atoms with E-state index in [1.807, 2.05) is 0 Å². The molecule has 23 heavy (non-hydrogen) atoms. The van der Waals surface area contributed by atoms with Crippen LogP contribution in [0.5, 0.6) is 11.5 Å². The molecule has 0 aliphatic heterocycles. The number of hydrogen-bond donors (Lipinski definition) is 1. The van der Waals surface area contributed by atoms with Crippen LogP contribution in [0.15, 0.2) is 47.8 Å². The Morgan fingerprint density at radius 3 is 2.74 bits per heavy atom. The normalized spacial score (nSPS) is 10.3. The quantitative estimate of drug-likeness (QED) is 0.393. The summed E-state index contributed by atoms with van der Waals surface area (Å²) in [5.74, 6) is -0.0921. The van der Waals surface area contributed by atoms with Crippen molar-refractivity contribution in [2.45, 2.75) is 6.92 Å². The van der Waals surface area contributed by atoms with Crippen LogP contribution < -0.4 is 14.9 Å². The highest BCUT2D eigenvalue weighted by atomic mass is 16.6. The summed E-state index contributed by atoms with van der Waals surface area (Å²) in [6, 6.07) is 8.20. The maximum absolute atomic E-state index is 11.8. The van der Waals surface area contributed by atoms with E-state index in [-0.39, 0.29) is 5.91 Å². The number of benzene rings is 1. The lowest BCUT2D eigenvalue weighted by Crippen LogP contribution is -2.17. The summed E-state index contributed by atoms with van der Waals surface area (Å²) in [6.45, 7) is 1.31. The number of rotatable bonds is 5. The van der Waals surface area contributed by atoms with Crippen molar-refractivity contribution in [2.75, 3.05) is 7.11 Å². The fraction of sp³-hybridized carbons (Fsp3) is 0.125. The molecule has 0 saturated carbocycles. The zero-order chi connectivity index (χ0) is 16.7. The average molecular weight is 313 g/mol. The molecule has 1 heterocycles. The summed E-state index contributed by atoms with van der Waals surface area (Å²) in [5.41, 5.74) is 3.48. The third-order valence-electron chi connectivity index (χ3n) is 2.74. The smallest absolute Gasteiger partial charge is 0.308 e. The Morgan fingerprint density at radius 2 is 2.09 bits per heavy atom. The maximum atomic E-state index is 11.8. The highest BCUT2D eigenvalue weighted by Gasteiger charge is 2.07. The molecule has 118 valence electrons. The first-order chi connectivity index (χ1) is 11.1. The summed E-state index contributed by atoms with van der Waals surface area (Å²) >= 11 is 0. The Morgan fingerprint density at radius 1 is 1.26 bits per heavy atom. The number of carbonyl (C=O) groups excluding carboxylic acids is 2. The minimum absolute atomic E-state index is 0.316. The number of methoxy groups -OCH3 is 1. The summed E-state index contributed by atoms with van der Waals surface area (Å²) in [5, 5.41) is 3.87. The third kappa shape index (κ3) is 4.63. The van der Waals surface area contributed by atoms with Gasteiger partial charge in [-0.15, -0.1) is 0 Å². The van der Waals surface area contributed by atoms with Crippen molar-refractivity contribution < 1.29 is 19.1 Å². The Hall–Kier alpha value is -3.22. The number of hydrogen-bond acceptors (Lipinski definition) is 6. The molecule has 0 unspecified atom stereocenters. The van der Waals surface area contributed by atoms with Gasteiger partial charge in [0, 0.05) is 19.3 Å². The van der Waals surface area contributed by atoms with Gasteiger partial charge in [-0.2, -0.15) is 5.10 Å². The standard InChI is InChI=1S/C16H15N3O4/c1-11(20)23-14-6-5-12(8-15(14)22-2)9-18-19-16(21)13-4-3-7-17-10-13/h3-10H,1-2H3,(H,19,21)/b18-9-. The highest BCUT2D eigenvalue weighted by Crippen LogP contribution is 2.27. The Bertz CT molecular complexity index is 729. The van der Waals surface area contributed by atoms with Gasteiger partial charge < -0.3 is 9.47 Å². The number of nitrogens with zero attached hydrogens (tertiary/aromatic N) is 2. The Balaban J connectivity index is 2.05. The molecule has 0 fully saturated rings. The summed E-state index contributed by atoms with van der Waals surface area (Å²) in [4.78, 5) is 26.6. The number of nitrogens with one attached hydrogen (secondary N) is 1. The number of pyridine rings is 1. The molecule has 0 atom stereocenters. The topological polar surface area (TPSA) is 89.9 Å². The molecule has 0 aliphatic rings. The van der Waals surface area contributed by atoms with Gasteiger partial charge in [-0.3, -0.25) is 14.6 Å². The molecule has 7 heteroatoms. The molecule has 7 nitrogen and oxygen atoms in total. The largest absolute Gasteiger partial charge is 0.493 e. The number of ether oxygens (including phenoxy) is 2. The van der Waals surface area contributed by atoms with Crippen molar-refractivity contribution in [1.82, 2.24) is 10.4 Å². The van der Waals surface area contributed by atoms with Crippen LogP contribution in [0.4, 0.5) is 0 Å². The second-order valence-corrected chi connectivity index (χ2v) is 4.44. The van der Waals surface area contributed by atoms with Gasteiger partial charge in [0.15, 0.2) is 11.5 Å². The lowest BCUT2D eigenvalue weighted by molar-refractivity contribution is -0.132. The monoisotopic (exact) mass is 313 g/mol. The second kappa shape index (κ2) is 7.69. The van der Waals surface area contributed by atoms with Crippen LogP contribution in [-0.2, 0) is 4.79 Å². The maximum Gasteiger partial charge on any atom is 0.308 e. The summed E-state index contributed by atoms with van der Waals surface area (Å²) < 4.78 is 10.2. The van der Waals surface area contributed by atoms with Crippen LogP contribution in [0.2, 0.25) is 0 Å². The van der Waals surface area contributed by atoms with Crippen molar-refractivity contribution in [2.24, 2.45) is 5.10 Å². The minimum Gasteiger partial charge on any atom is -0.493 e. The van der Waals surface area contributed by atoms with Gasteiger partial charge in [-0.05, 0) is 35.9 Å². The summed E-state index contributed by atoms with van der Waals surface area (Å²) in [7, 11) is 1.47. The van der Waals surface area contributed by atoms with Crippen molar-refractivity contribution >= 4 is 18.1 Å². The predicted molar refractivity (Wildman–Crippen MR) is 83.6 cm³/mol. The van der Waals surface area contributed by atoms with Crippen molar-refractivity contribution in [3.8, 4) is 11.5 Å². The first kappa shape index (κ1) is 16.2. The molecular formula is C16H15N3O4. The van der Waals surface area contributed by atoms with E-state index >= 15 is 0 Å². The Kier molecular flexibility index (Phi) is 5.40. The molecule has 0 radical (unpaired) electrons. The molecule has 1 aromatic carbocycles. The van der Waals surface area contributed by atoms with Gasteiger partial charge in [0.25, 0.3) is 5.91 Å². The molecule has 1 amide bonds. The van der Waals surface area contributed by atoms with Crippen LogP contribution >= 0.6 is 0 Å². The molecule has 0 saturated heterocycles. The van der Waals surface area contributed by atoms with E-state index in [2.05, 4.69) is 15.5 Å². The van der Waals surface area contributed by atoms with E-state index in [0.29, 0.717) is 22.6 Å². The van der Waals surface area contributed by atoms with Crippen LogP contribution in [0.1, 0.15) is 22.8 Å². The zero-order valence-corrected chi connectivity index (χ0v) is 12.6. The third-order valence-corrected chi connectivity index (χ3v) is 2.74. The second-order valence-electron chi connectivity index (χ2n) is 4.44. The fourth-order valence-corrected chi connectivity index (χ4v) is 1.73. The van der Waals surface area contributed by atoms with E-state index in [1.165, 1.54) is 26.4 Å². The predicted octanol–water partition coefficient (Wildman–Crippen LogP) is 1.78. The lowest BCUT2D eigenvalue weighted by Gasteiger charge is -2.08. The van der Waals surface area contributed by atoms with E-state index in [1.54, 1.807) is 36.5 Å². The fourth-order valence-electron chi connectivity index (χ4n) is 1.73. The van der Waals surface area contributed by atoms with Crippen molar-refractivity contribution in [3.05, 3.63) is 53.9 Å². The van der Waals surface area contributed by atoms with E-state index in [9.17, 15) is 9.59 Å². The molecular weight excluding hydrogens is 298 g/mol. The van der Waals surface area contributed by atoms with Gasteiger partial charge in [-0.1, -0.05) is 0 Å². The first-order valence-electron chi connectivity index (χ1n) is 6.70. The van der Waals surface area contributed by atoms with Crippen LogP contribution in [0.25, 0.3) is 0 Å². The molecule has 1 N–H and O–H groups in total. The number of aromatic nitrogens is 1. The van der Waals surface area contributed by atoms with E-state index in [0.717, 1.165) is 0 Å².